The molecule has 0 radical (unpaired) electrons. The first kappa shape index (κ1) is 14.7. The van der Waals surface area contributed by atoms with Crippen LogP contribution in [0.15, 0.2) is 36.4 Å². The number of carboxylic acid groups (broad SMARTS) is 1. The van der Waals surface area contributed by atoms with Crippen LogP contribution in [-0.2, 0) is 4.79 Å². The third-order valence-corrected chi connectivity index (χ3v) is 4.62. The fourth-order valence-electron chi connectivity index (χ4n) is 2.69. The zero-order valence-corrected chi connectivity index (χ0v) is 12.8. The molecule has 6 heteroatoms. The maximum Gasteiger partial charge on any atom is 0.326 e. The van der Waals surface area contributed by atoms with E-state index in [9.17, 15) is 14.7 Å². The van der Waals surface area contributed by atoms with Crippen molar-refractivity contribution in [1.29, 1.82) is 0 Å². The second-order valence-electron chi connectivity index (χ2n) is 5.29. The second-order valence-corrected chi connectivity index (χ2v) is 6.10. The van der Waals surface area contributed by atoms with Crippen LogP contribution in [0.5, 0.6) is 0 Å². The number of likely N-dealkylation sites (tertiary alicyclic amines) is 1. The number of amides is 1. The number of carboxylic acids is 1. The van der Waals surface area contributed by atoms with E-state index in [1.54, 1.807) is 6.07 Å². The number of carbonyl (C=O) groups is 2. The SMILES string of the molecule is O=C(O)[C@H]1CCCCN1C(=O)c1cc(-c2ccccc2)ns1. The van der Waals surface area contributed by atoms with E-state index in [0.717, 1.165) is 35.6 Å². The van der Waals surface area contributed by atoms with Crippen molar-refractivity contribution in [2.45, 2.75) is 25.3 Å². The van der Waals surface area contributed by atoms with Crippen LogP contribution in [0.25, 0.3) is 11.3 Å². The molecule has 2 aromatic rings. The Kier molecular flexibility index (Phi) is 4.20. The number of benzene rings is 1. The molecule has 3 rings (SSSR count). The van der Waals surface area contributed by atoms with Crippen molar-refractivity contribution in [3.63, 3.8) is 0 Å². The van der Waals surface area contributed by atoms with E-state index in [1.165, 1.54) is 4.90 Å². The van der Waals surface area contributed by atoms with Crippen LogP contribution in [-0.4, -0.2) is 38.8 Å². The van der Waals surface area contributed by atoms with E-state index in [2.05, 4.69) is 4.37 Å². The monoisotopic (exact) mass is 316 g/mol. The molecule has 1 saturated heterocycles. The fourth-order valence-corrected chi connectivity index (χ4v) is 3.41. The molecule has 1 fully saturated rings. The van der Waals surface area contributed by atoms with Gasteiger partial charge in [0.1, 0.15) is 10.9 Å². The first-order chi connectivity index (χ1) is 10.7. The van der Waals surface area contributed by atoms with E-state index >= 15 is 0 Å². The molecule has 1 aromatic heterocycles. The van der Waals surface area contributed by atoms with Crippen LogP contribution in [0.3, 0.4) is 0 Å². The summed E-state index contributed by atoms with van der Waals surface area (Å²) in [6.07, 6.45) is 2.21. The zero-order chi connectivity index (χ0) is 15.5. The van der Waals surface area contributed by atoms with E-state index < -0.39 is 12.0 Å². The molecule has 1 amide bonds. The molecule has 1 atom stereocenters. The summed E-state index contributed by atoms with van der Waals surface area (Å²) in [5.74, 6) is -1.16. The Labute approximate surface area is 132 Å². The van der Waals surface area contributed by atoms with Crippen LogP contribution in [0.2, 0.25) is 0 Å². The van der Waals surface area contributed by atoms with Crippen LogP contribution in [0.4, 0.5) is 0 Å². The standard InChI is InChI=1S/C16H16N2O3S/c19-15(18-9-5-4-8-13(18)16(20)21)14-10-12(17-22-14)11-6-2-1-3-7-11/h1-3,6-7,10,13H,4-5,8-9H2,(H,20,21)/t13-/m1/s1. The summed E-state index contributed by atoms with van der Waals surface area (Å²) in [7, 11) is 0. The summed E-state index contributed by atoms with van der Waals surface area (Å²) in [6, 6.07) is 10.7. The Morgan fingerprint density at radius 3 is 2.73 bits per heavy atom. The highest BCUT2D eigenvalue weighted by atomic mass is 32.1. The summed E-state index contributed by atoms with van der Waals surface area (Å²) in [4.78, 5) is 25.9. The Hall–Kier alpha value is -2.21. The first-order valence-electron chi connectivity index (χ1n) is 7.23. The van der Waals surface area contributed by atoms with Crippen molar-refractivity contribution < 1.29 is 14.7 Å². The van der Waals surface area contributed by atoms with Gasteiger partial charge in [0.05, 0.1) is 5.69 Å². The lowest BCUT2D eigenvalue weighted by molar-refractivity contribution is -0.143. The largest absolute Gasteiger partial charge is 0.480 e. The Bertz CT molecular complexity index is 684. The van der Waals surface area contributed by atoms with Gasteiger partial charge in [-0.1, -0.05) is 30.3 Å². The van der Waals surface area contributed by atoms with Crippen molar-refractivity contribution in [1.82, 2.24) is 9.27 Å². The van der Waals surface area contributed by atoms with E-state index in [1.807, 2.05) is 30.3 Å². The molecular weight excluding hydrogens is 300 g/mol. The minimum absolute atomic E-state index is 0.230. The van der Waals surface area contributed by atoms with Gasteiger partial charge in [0.2, 0.25) is 0 Å². The topological polar surface area (TPSA) is 70.5 Å². The minimum Gasteiger partial charge on any atom is -0.480 e. The summed E-state index contributed by atoms with van der Waals surface area (Å²) < 4.78 is 4.32. The average Bonchev–Trinajstić information content (AvgIpc) is 3.05. The predicted octanol–water partition coefficient (Wildman–Crippen LogP) is 2.89. The lowest BCUT2D eigenvalue weighted by atomic mass is 10.0. The van der Waals surface area contributed by atoms with E-state index in [4.69, 9.17) is 0 Å². The highest BCUT2D eigenvalue weighted by Crippen LogP contribution is 2.25. The van der Waals surface area contributed by atoms with Crippen LogP contribution < -0.4 is 0 Å². The van der Waals surface area contributed by atoms with Crippen molar-refractivity contribution >= 4 is 23.4 Å². The van der Waals surface area contributed by atoms with Gasteiger partial charge in [0.15, 0.2) is 0 Å². The van der Waals surface area contributed by atoms with E-state index in [-0.39, 0.29) is 5.91 Å². The highest BCUT2D eigenvalue weighted by Gasteiger charge is 2.33. The molecule has 1 aliphatic rings. The first-order valence-corrected chi connectivity index (χ1v) is 8.00. The number of hydrogen-bond donors (Lipinski definition) is 1. The molecule has 1 aliphatic heterocycles. The summed E-state index contributed by atoms with van der Waals surface area (Å²) in [5.41, 5.74) is 1.70. The molecule has 1 N–H and O–H groups in total. The maximum atomic E-state index is 12.6. The van der Waals surface area contributed by atoms with Gasteiger partial charge in [-0.3, -0.25) is 4.79 Å². The highest BCUT2D eigenvalue weighted by molar-refractivity contribution is 7.08. The summed E-state index contributed by atoms with van der Waals surface area (Å²) in [5, 5.41) is 9.28. The van der Waals surface area contributed by atoms with Gasteiger partial charge in [-0.25, -0.2) is 4.79 Å². The number of piperidine rings is 1. The van der Waals surface area contributed by atoms with Crippen molar-refractivity contribution in [3.05, 3.63) is 41.3 Å². The average molecular weight is 316 g/mol. The zero-order valence-electron chi connectivity index (χ0n) is 11.9. The molecule has 5 nitrogen and oxygen atoms in total. The predicted molar refractivity (Wildman–Crippen MR) is 83.9 cm³/mol. The second kappa shape index (κ2) is 6.27. The van der Waals surface area contributed by atoms with E-state index in [0.29, 0.717) is 17.8 Å². The Morgan fingerprint density at radius 1 is 1.23 bits per heavy atom. The molecule has 0 unspecified atom stereocenters. The van der Waals surface area contributed by atoms with Crippen LogP contribution in [0.1, 0.15) is 28.9 Å². The van der Waals surface area contributed by atoms with Crippen molar-refractivity contribution in [2.75, 3.05) is 6.54 Å². The molecule has 22 heavy (non-hydrogen) atoms. The summed E-state index contributed by atoms with van der Waals surface area (Å²) in [6.45, 7) is 0.494. The molecule has 114 valence electrons. The number of hydrogen-bond acceptors (Lipinski definition) is 4. The van der Waals surface area contributed by atoms with Gasteiger partial charge >= 0.3 is 5.97 Å². The van der Waals surface area contributed by atoms with Gasteiger partial charge in [0.25, 0.3) is 5.91 Å². The lowest BCUT2D eigenvalue weighted by Crippen LogP contribution is -2.47. The Balaban J connectivity index is 1.83. The van der Waals surface area contributed by atoms with Gasteiger partial charge in [-0.2, -0.15) is 4.37 Å². The number of aromatic nitrogens is 1. The molecule has 2 heterocycles. The number of rotatable bonds is 3. The normalized spacial score (nSPS) is 18.2. The van der Waals surface area contributed by atoms with Gasteiger partial charge in [0, 0.05) is 12.1 Å². The van der Waals surface area contributed by atoms with Gasteiger partial charge in [-0.05, 0) is 36.9 Å². The smallest absolute Gasteiger partial charge is 0.326 e. The molecule has 0 spiro atoms. The molecule has 0 aliphatic carbocycles. The number of aliphatic carboxylic acids is 1. The molecule has 0 bridgehead atoms. The van der Waals surface area contributed by atoms with Crippen LogP contribution in [0, 0.1) is 0 Å². The fraction of sp³-hybridized carbons (Fsp3) is 0.312. The van der Waals surface area contributed by atoms with Gasteiger partial charge in [-0.15, -0.1) is 0 Å². The number of nitrogens with zero attached hydrogens (tertiary/aromatic N) is 2. The maximum absolute atomic E-state index is 12.6. The number of carbonyl (C=O) groups excluding carboxylic acids is 1. The summed E-state index contributed by atoms with van der Waals surface area (Å²) >= 11 is 1.13. The molecule has 0 saturated carbocycles. The van der Waals surface area contributed by atoms with Crippen LogP contribution >= 0.6 is 11.5 Å². The van der Waals surface area contributed by atoms with Crippen molar-refractivity contribution in [2.24, 2.45) is 0 Å². The molecular formula is C16H16N2O3S. The quantitative estimate of drug-likeness (QED) is 0.945. The van der Waals surface area contributed by atoms with Gasteiger partial charge < -0.3 is 10.0 Å². The lowest BCUT2D eigenvalue weighted by Gasteiger charge is -2.32. The third kappa shape index (κ3) is 2.87. The van der Waals surface area contributed by atoms with Crippen molar-refractivity contribution in [3.8, 4) is 11.3 Å². The third-order valence-electron chi connectivity index (χ3n) is 3.84. The minimum atomic E-state index is -0.930. The molecule has 1 aromatic carbocycles. The Morgan fingerprint density at radius 2 is 2.00 bits per heavy atom.